The number of ether oxygens (including phenoxy) is 1. The zero-order valence-corrected chi connectivity index (χ0v) is 19.7. The van der Waals surface area contributed by atoms with Crippen LogP contribution in [0.15, 0.2) is 4.99 Å². The van der Waals surface area contributed by atoms with Crippen LogP contribution in [0.2, 0.25) is 0 Å². The lowest BCUT2D eigenvalue weighted by atomic mass is 9.97. The molecule has 0 aromatic carbocycles. The highest BCUT2D eigenvalue weighted by Crippen LogP contribution is 2.18. The van der Waals surface area contributed by atoms with Crippen LogP contribution in [0, 0.1) is 5.92 Å². The average molecular weight is 481 g/mol. The molecule has 2 saturated heterocycles. The van der Waals surface area contributed by atoms with E-state index < -0.39 is 0 Å². The summed E-state index contributed by atoms with van der Waals surface area (Å²) in [6.07, 6.45) is 2.62. The standard InChI is InChI=1S/C19H39N5O.HI/c1-16(2)23-8-6-7-17(14-23)13-21-18(20-5)22-15-19(3,4)24-9-11-25-12-10-24;/h16-17H,6-15H2,1-5H3,(H2,20,21,22);1H. The minimum Gasteiger partial charge on any atom is -0.379 e. The fourth-order valence-corrected chi connectivity index (χ4v) is 3.78. The molecule has 0 amide bonds. The molecule has 1 unspecified atom stereocenters. The Kier molecular flexibility index (Phi) is 10.7. The third-order valence-corrected chi connectivity index (χ3v) is 5.62. The first-order chi connectivity index (χ1) is 11.9. The molecule has 7 heteroatoms. The van der Waals surface area contributed by atoms with Crippen LogP contribution >= 0.6 is 24.0 Å². The summed E-state index contributed by atoms with van der Waals surface area (Å²) in [5.41, 5.74) is 0.0979. The van der Waals surface area contributed by atoms with Crippen molar-refractivity contribution in [3.8, 4) is 0 Å². The summed E-state index contributed by atoms with van der Waals surface area (Å²) < 4.78 is 5.47. The SMILES string of the molecule is CN=C(NCC1CCCN(C(C)C)C1)NCC(C)(C)N1CCOCC1.I. The number of aliphatic imine (C=N–C) groups is 1. The summed E-state index contributed by atoms with van der Waals surface area (Å²) in [5, 5.41) is 7.07. The van der Waals surface area contributed by atoms with Gasteiger partial charge in [0.25, 0.3) is 0 Å². The van der Waals surface area contributed by atoms with E-state index in [1.165, 1.54) is 25.9 Å². The molecular weight excluding hydrogens is 441 g/mol. The molecule has 0 spiro atoms. The molecule has 0 bridgehead atoms. The van der Waals surface area contributed by atoms with Gasteiger partial charge < -0.3 is 20.3 Å². The molecule has 26 heavy (non-hydrogen) atoms. The van der Waals surface area contributed by atoms with E-state index in [-0.39, 0.29) is 29.5 Å². The van der Waals surface area contributed by atoms with Gasteiger partial charge in [0.1, 0.15) is 0 Å². The monoisotopic (exact) mass is 481 g/mol. The number of hydrogen-bond acceptors (Lipinski definition) is 4. The maximum atomic E-state index is 5.47. The topological polar surface area (TPSA) is 52.1 Å². The number of guanidine groups is 1. The van der Waals surface area contributed by atoms with Crippen molar-refractivity contribution in [3.63, 3.8) is 0 Å². The molecule has 2 fully saturated rings. The van der Waals surface area contributed by atoms with Crippen LogP contribution < -0.4 is 10.6 Å². The third-order valence-electron chi connectivity index (χ3n) is 5.62. The largest absolute Gasteiger partial charge is 0.379 e. The second-order valence-corrected chi connectivity index (χ2v) is 8.32. The summed E-state index contributed by atoms with van der Waals surface area (Å²) >= 11 is 0. The van der Waals surface area contributed by atoms with E-state index in [0.29, 0.717) is 12.0 Å². The van der Waals surface area contributed by atoms with Gasteiger partial charge in [-0.1, -0.05) is 0 Å². The molecule has 0 radical (unpaired) electrons. The maximum absolute atomic E-state index is 5.47. The fourth-order valence-electron chi connectivity index (χ4n) is 3.78. The molecule has 0 aromatic rings. The summed E-state index contributed by atoms with van der Waals surface area (Å²) in [6, 6.07) is 0.648. The van der Waals surface area contributed by atoms with Gasteiger partial charge in [0.2, 0.25) is 0 Å². The quantitative estimate of drug-likeness (QED) is 0.346. The fraction of sp³-hybridized carbons (Fsp3) is 0.947. The minimum absolute atomic E-state index is 0. The Labute approximate surface area is 177 Å². The van der Waals surface area contributed by atoms with Gasteiger partial charge >= 0.3 is 0 Å². The molecule has 0 aliphatic carbocycles. The molecule has 2 N–H and O–H groups in total. The van der Waals surface area contributed by atoms with Gasteiger partial charge in [0.05, 0.1) is 13.2 Å². The number of nitrogens with zero attached hydrogens (tertiary/aromatic N) is 3. The van der Waals surface area contributed by atoms with Gasteiger partial charge in [-0.25, -0.2) is 0 Å². The first-order valence-electron chi connectivity index (χ1n) is 9.93. The molecular formula is C19H40IN5O. The smallest absolute Gasteiger partial charge is 0.191 e. The highest BCUT2D eigenvalue weighted by Gasteiger charge is 2.28. The Morgan fingerprint density at radius 3 is 2.50 bits per heavy atom. The number of morpholine rings is 1. The van der Waals surface area contributed by atoms with Crippen molar-refractivity contribution in [1.82, 2.24) is 20.4 Å². The maximum Gasteiger partial charge on any atom is 0.191 e. The molecule has 6 nitrogen and oxygen atoms in total. The van der Waals surface area contributed by atoms with E-state index >= 15 is 0 Å². The summed E-state index contributed by atoms with van der Waals surface area (Å²) in [6.45, 7) is 17.2. The molecule has 2 aliphatic rings. The molecule has 2 aliphatic heterocycles. The Balaban J connectivity index is 0.00000338. The first kappa shape index (κ1) is 23.9. The van der Waals surface area contributed by atoms with Crippen molar-refractivity contribution < 1.29 is 4.74 Å². The summed E-state index contributed by atoms with van der Waals surface area (Å²) in [4.78, 5) is 9.50. The molecule has 0 saturated carbocycles. The lowest BCUT2D eigenvalue weighted by Gasteiger charge is -2.41. The second-order valence-electron chi connectivity index (χ2n) is 8.32. The Hall–Kier alpha value is -0.120. The Morgan fingerprint density at radius 2 is 1.88 bits per heavy atom. The number of halogens is 1. The normalized spacial score (nSPS) is 23.6. The number of hydrogen-bond donors (Lipinski definition) is 2. The van der Waals surface area contributed by atoms with Crippen LogP contribution in [0.25, 0.3) is 0 Å². The first-order valence-corrected chi connectivity index (χ1v) is 9.93. The van der Waals surface area contributed by atoms with Crippen molar-refractivity contribution in [2.24, 2.45) is 10.9 Å². The molecule has 0 aromatic heterocycles. The predicted molar refractivity (Wildman–Crippen MR) is 121 cm³/mol. The number of likely N-dealkylation sites (tertiary alicyclic amines) is 1. The highest BCUT2D eigenvalue weighted by molar-refractivity contribution is 14.0. The van der Waals surface area contributed by atoms with Gasteiger partial charge in [-0.05, 0) is 53.0 Å². The van der Waals surface area contributed by atoms with Crippen molar-refractivity contribution in [2.75, 3.05) is 59.5 Å². The van der Waals surface area contributed by atoms with Crippen LogP contribution in [0.5, 0.6) is 0 Å². The Bertz CT molecular complexity index is 424. The van der Waals surface area contributed by atoms with Gasteiger partial charge in [-0.3, -0.25) is 9.89 Å². The summed E-state index contributed by atoms with van der Waals surface area (Å²) in [5.74, 6) is 1.63. The van der Waals surface area contributed by atoms with Crippen LogP contribution in [0.1, 0.15) is 40.5 Å². The van der Waals surface area contributed by atoms with E-state index in [9.17, 15) is 0 Å². The Morgan fingerprint density at radius 1 is 1.19 bits per heavy atom. The molecule has 2 rings (SSSR count). The van der Waals surface area contributed by atoms with Crippen LogP contribution in [0.4, 0.5) is 0 Å². The number of nitrogens with one attached hydrogen (secondary N) is 2. The van der Waals surface area contributed by atoms with E-state index in [0.717, 1.165) is 45.4 Å². The van der Waals surface area contributed by atoms with Crippen LogP contribution in [0.3, 0.4) is 0 Å². The van der Waals surface area contributed by atoms with E-state index in [1.807, 2.05) is 7.05 Å². The molecule has 1 atom stereocenters. The van der Waals surface area contributed by atoms with Gasteiger partial charge in [-0.2, -0.15) is 0 Å². The third kappa shape index (κ3) is 7.48. The van der Waals surface area contributed by atoms with Gasteiger partial charge in [0, 0.05) is 51.4 Å². The average Bonchev–Trinajstić information content (AvgIpc) is 2.63. The number of rotatable bonds is 6. The minimum atomic E-state index is 0. The second kappa shape index (κ2) is 11.7. The zero-order chi connectivity index (χ0) is 18.3. The zero-order valence-electron chi connectivity index (χ0n) is 17.4. The predicted octanol–water partition coefficient (Wildman–Crippen LogP) is 2.00. The number of piperidine rings is 1. The van der Waals surface area contributed by atoms with E-state index in [2.05, 4.69) is 53.1 Å². The van der Waals surface area contributed by atoms with E-state index in [1.54, 1.807) is 0 Å². The van der Waals surface area contributed by atoms with Crippen molar-refractivity contribution in [1.29, 1.82) is 0 Å². The van der Waals surface area contributed by atoms with Crippen LogP contribution in [-0.4, -0.2) is 86.9 Å². The van der Waals surface area contributed by atoms with Crippen molar-refractivity contribution in [2.45, 2.75) is 52.1 Å². The van der Waals surface area contributed by atoms with Crippen molar-refractivity contribution >= 4 is 29.9 Å². The van der Waals surface area contributed by atoms with Gasteiger partial charge in [-0.15, -0.1) is 24.0 Å². The molecule has 154 valence electrons. The lowest BCUT2D eigenvalue weighted by Crippen LogP contribution is -2.56. The lowest BCUT2D eigenvalue weighted by molar-refractivity contribution is -0.00834. The van der Waals surface area contributed by atoms with Gasteiger partial charge in [0.15, 0.2) is 5.96 Å². The van der Waals surface area contributed by atoms with Crippen molar-refractivity contribution in [3.05, 3.63) is 0 Å². The van der Waals surface area contributed by atoms with Crippen LogP contribution in [-0.2, 0) is 4.74 Å². The summed E-state index contributed by atoms with van der Waals surface area (Å²) in [7, 11) is 1.86. The highest BCUT2D eigenvalue weighted by atomic mass is 127. The molecule has 2 heterocycles. The van der Waals surface area contributed by atoms with E-state index in [4.69, 9.17) is 4.74 Å².